The lowest BCUT2D eigenvalue weighted by molar-refractivity contribution is -0.136. The molecule has 0 aliphatic rings. The van der Waals surface area contributed by atoms with Crippen molar-refractivity contribution in [3.8, 4) is 11.5 Å². The summed E-state index contributed by atoms with van der Waals surface area (Å²) in [6.45, 7) is 8.08. The van der Waals surface area contributed by atoms with Crippen molar-refractivity contribution >= 4 is 5.91 Å². The molecule has 106 valence electrons. The average Bonchev–Trinajstić information content (AvgIpc) is 2.36. The molecule has 0 spiro atoms. The molecule has 1 amide bonds. The molecule has 4 nitrogen and oxygen atoms in total. The van der Waals surface area contributed by atoms with Crippen LogP contribution in [-0.4, -0.2) is 36.6 Å². The van der Waals surface area contributed by atoms with E-state index in [9.17, 15) is 4.79 Å². The molecule has 0 heterocycles. The van der Waals surface area contributed by atoms with E-state index in [2.05, 4.69) is 0 Å². The van der Waals surface area contributed by atoms with Crippen molar-refractivity contribution in [1.82, 2.24) is 4.90 Å². The Balaban J connectivity index is 2.57. The van der Waals surface area contributed by atoms with Crippen LogP contribution in [0.5, 0.6) is 11.5 Å². The van der Waals surface area contributed by atoms with Crippen molar-refractivity contribution < 1.29 is 14.3 Å². The molecule has 0 aromatic heterocycles. The minimum Gasteiger partial charge on any atom is -0.497 e. The number of amides is 1. The van der Waals surface area contributed by atoms with Crippen molar-refractivity contribution in [3.05, 3.63) is 24.3 Å². The maximum atomic E-state index is 12.1. The van der Waals surface area contributed by atoms with E-state index in [1.54, 1.807) is 19.2 Å². The summed E-state index contributed by atoms with van der Waals surface area (Å²) in [4.78, 5) is 13.9. The van der Waals surface area contributed by atoms with Crippen LogP contribution in [0.4, 0.5) is 0 Å². The Kier molecular flexibility index (Phi) is 5.67. The lowest BCUT2D eigenvalue weighted by atomic mass is 10.2. The molecule has 4 heteroatoms. The number of nitrogens with zero attached hydrogens (tertiary/aromatic N) is 1. The third-order valence-electron chi connectivity index (χ3n) is 2.82. The van der Waals surface area contributed by atoms with Crippen molar-refractivity contribution in [2.45, 2.75) is 39.8 Å². The second-order valence-electron chi connectivity index (χ2n) is 4.95. The summed E-state index contributed by atoms with van der Waals surface area (Å²) in [5.41, 5.74) is 0. The minimum atomic E-state index is 0.000757. The maximum Gasteiger partial charge on any atom is 0.260 e. The highest BCUT2D eigenvalue weighted by molar-refractivity contribution is 5.78. The van der Waals surface area contributed by atoms with Crippen LogP contribution in [0, 0.1) is 0 Å². The van der Waals surface area contributed by atoms with E-state index < -0.39 is 0 Å². The van der Waals surface area contributed by atoms with E-state index in [0.717, 1.165) is 5.75 Å². The first-order chi connectivity index (χ1) is 8.95. The van der Waals surface area contributed by atoms with Crippen LogP contribution in [0.15, 0.2) is 24.3 Å². The van der Waals surface area contributed by atoms with E-state index in [1.165, 1.54) is 0 Å². The van der Waals surface area contributed by atoms with E-state index in [4.69, 9.17) is 9.47 Å². The maximum absolute atomic E-state index is 12.1. The van der Waals surface area contributed by atoms with Gasteiger partial charge in [-0.1, -0.05) is 0 Å². The van der Waals surface area contributed by atoms with E-state index in [0.29, 0.717) is 5.75 Å². The number of methoxy groups -OCH3 is 1. The second-order valence-corrected chi connectivity index (χ2v) is 4.95. The van der Waals surface area contributed by atoms with Crippen LogP contribution in [0.2, 0.25) is 0 Å². The van der Waals surface area contributed by atoms with Crippen LogP contribution in [0.1, 0.15) is 27.7 Å². The van der Waals surface area contributed by atoms with Gasteiger partial charge < -0.3 is 14.4 Å². The number of carbonyl (C=O) groups is 1. The summed E-state index contributed by atoms with van der Waals surface area (Å²) >= 11 is 0. The van der Waals surface area contributed by atoms with Crippen molar-refractivity contribution in [3.63, 3.8) is 0 Å². The van der Waals surface area contributed by atoms with Gasteiger partial charge in [-0.2, -0.15) is 0 Å². The third-order valence-corrected chi connectivity index (χ3v) is 2.82. The van der Waals surface area contributed by atoms with Gasteiger partial charge in [0.2, 0.25) is 0 Å². The quantitative estimate of drug-likeness (QED) is 0.794. The smallest absolute Gasteiger partial charge is 0.260 e. The molecule has 0 saturated heterocycles. The first-order valence-electron chi connectivity index (χ1n) is 6.53. The Labute approximate surface area is 115 Å². The SMILES string of the molecule is COc1ccc(OCC(=O)N(C(C)C)C(C)C)cc1. The molecule has 1 aromatic rings. The summed E-state index contributed by atoms with van der Waals surface area (Å²) < 4.78 is 10.6. The van der Waals surface area contributed by atoms with E-state index in [-0.39, 0.29) is 24.6 Å². The van der Waals surface area contributed by atoms with Gasteiger partial charge in [-0.3, -0.25) is 4.79 Å². The average molecular weight is 265 g/mol. The van der Waals surface area contributed by atoms with Crippen molar-refractivity contribution in [1.29, 1.82) is 0 Å². The monoisotopic (exact) mass is 265 g/mol. The normalized spacial score (nSPS) is 10.7. The zero-order chi connectivity index (χ0) is 14.4. The van der Waals surface area contributed by atoms with Gasteiger partial charge in [-0.15, -0.1) is 0 Å². The number of hydrogen-bond acceptors (Lipinski definition) is 3. The standard InChI is InChI=1S/C15H23NO3/c1-11(2)16(12(3)4)15(17)10-19-14-8-6-13(18-5)7-9-14/h6-9,11-12H,10H2,1-5H3. The molecular formula is C15H23NO3. The van der Waals surface area contributed by atoms with Gasteiger partial charge in [0.15, 0.2) is 6.61 Å². The third kappa shape index (κ3) is 4.47. The number of benzene rings is 1. The molecule has 0 saturated carbocycles. The molecule has 0 radical (unpaired) electrons. The second kappa shape index (κ2) is 7.02. The fourth-order valence-corrected chi connectivity index (χ4v) is 2.06. The fraction of sp³-hybridized carbons (Fsp3) is 0.533. The lowest BCUT2D eigenvalue weighted by Crippen LogP contribution is -2.44. The van der Waals surface area contributed by atoms with Gasteiger partial charge >= 0.3 is 0 Å². The molecule has 0 fully saturated rings. The fourth-order valence-electron chi connectivity index (χ4n) is 2.06. The topological polar surface area (TPSA) is 38.8 Å². The largest absolute Gasteiger partial charge is 0.497 e. The highest BCUT2D eigenvalue weighted by Crippen LogP contribution is 2.17. The Hall–Kier alpha value is -1.71. The number of carbonyl (C=O) groups excluding carboxylic acids is 1. The highest BCUT2D eigenvalue weighted by atomic mass is 16.5. The number of rotatable bonds is 6. The predicted octanol–water partition coefficient (Wildman–Crippen LogP) is 2.72. The zero-order valence-electron chi connectivity index (χ0n) is 12.3. The van der Waals surface area contributed by atoms with Gasteiger partial charge in [0.1, 0.15) is 11.5 Å². The molecule has 0 atom stereocenters. The predicted molar refractivity (Wildman–Crippen MR) is 75.6 cm³/mol. The first kappa shape index (κ1) is 15.3. The number of hydrogen-bond donors (Lipinski definition) is 0. The molecule has 19 heavy (non-hydrogen) atoms. The van der Waals surface area contributed by atoms with Crippen LogP contribution >= 0.6 is 0 Å². The molecule has 0 bridgehead atoms. The lowest BCUT2D eigenvalue weighted by Gasteiger charge is -2.30. The van der Waals surface area contributed by atoms with Gasteiger partial charge in [0, 0.05) is 12.1 Å². The summed E-state index contributed by atoms with van der Waals surface area (Å²) in [5.74, 6) is 1.44. The van der Waals surface area contributed by atoms with E-state index in [1.807, 2.05) is 44.7 Å². The zero-order valence-corrected chi connectivity index (χ0v) is 12.3. The number of ether oxygens (including phenoxy) is 2. The van der Waals surface area contributed by atoms with Crippen LogP contribution in [0.25, 0.3) is 0 Å². The Morgan fingerprint density at radius 3 is 1.95 bits per heavy atom. The van der Waals surface area contributed by atoms with E-state index >= 15 is 0 Å². The molecular weight excluding hydrogens is 242 g/mol. The summed E-state index contributed by atoms with van der Waals surface area (Å²) in [7, 11) is 1.61. The summed E-state index contributed by atoms with van der Waals surface area (Å²) in [6.07, 6.45) is 0. The molecule has 1 rings (SSSR count). The van der Waals surface area contributed by atoms with Crippen LogP contribution in [-0.2, 0) is 4.79 Å². The molecule has 1 aromatic carbocycles. The molecule has 0 unspecified atom stereocenters. The first-order valence-corrected chi connectivity index (χ1v) is 6.53. The molecule has 0 N–H and O–H groups in total. The molecule has 0 aliphatic heterocycles. The van der Waals surface area contributed by atoms with Gasteiger partial charge in [0.05, 0.1) is 7.11 Å². The van der Waals surface area contributed by atoms with Crippen molar-refractivity contribution in [2.75, 3.05) is 13.7 Å². The summed E-state index contributed by atoms with van der Waals surface area (Å²) in [5, 5.41) is 0. The van der Waals surface area contributed by atoms with Gasteiger partial charge in [-0.05, 0) is 52.0 Å². The van der Waals surface area contributed by atoms with Gasteiger partial charge in [-0.25, -0.2) is 0 Å². The summed E-state index contributed by atoms with van der Waals surface area (Å²) in [6, 6.07) is 7.55. The van der Waals surface area contributed by atoms with Crippen molar-refractivity contribution in [2.24, 2.45) is 0 Å². The Bertz CT molecular complexity index is 390. The van der Waals surface area contributed by atoms with Crippen LogP contribution in [0.3, 0.4) is 0 Å². The highest BCUT2D eigenvalue weighted by Gasteiger charge is 2.20. The molecule has 0 aliphatic carbocycles. The Morgan fingerprint density at radius 1 is 1.05 bits per heavy atom. The Morgan fingerprint density at radius 2 is 1.53 bits per heavy atom. The van der Waals surface area contributed by atoms with Crippen LogP contribution < -0.4 is 9.47 Å². The minimum absolute atomic E-state index is 0.000757. The van der Waals surface area contributed by atoms with Gasteiger partial charge in [0.25, 0.3) is 5.91 Å².